The standard InChI is InChI=1S/C29H18ClFN4O2/c30-23-13-17(14-32)3-9-21(23)27(19-7-8-19)26(18-5-1-16(2-6-18)4-12-25(36)37)20-10-11-24-28(22(20)15-33)29(31)35-34-24/h1-6,9-13,19H,7-8H2,(H,34,35)(H,36,37)/b12-4+,27-26+. The van der Waals surface area contributed by atoms with Gasteiger partial charge in [0.1, 0.15) is 6.07 Å². The Morgan fingerprint density at radius 2 is 1.81 bits per heavy atom. The second kappa shape index (κ2) is 9.73. The van der Waals surface area contributed by atoms with Crippen LogP contribution in [0.25, 0.3) is 28.1 Å². The topological polar surface area (TPSA) is 114 Å². The van der Waals surface area contributed by atoms with Crippen molar-refractivity contribution in [3.8, 4) is 12.1 Å². The molecule has 8 heteroatoms. The zero-order chi connectivity index (χ0) is 26.1. The first kappa shape index (κ1) is 24.0. The van der Waals surface area contributed by atoms with E-state index in [-0.39, 0.29) is 16.9 Å². The highest BCUT2D eigenvalue weighted by Gasteiger charge is 2.33. The van der Waals surface area contributed by atoms with Gasteiger partial charge in [0, 0.05) is 16.7 Å². The minimum Gasteiger partial charge on any atom is -0.478 e. The highest BCUT2D eigenvalue weighted by molar-refractivity contribution is 6.33. The van der Waals surface area contributed by atoms with Crippen molar-refractivity contribution >= 4 is 45.7 Å². The van der Waals surface area contributed by atoms with E-state index in [2.05, 4.69) is 22.3 Å². The number of H-pyrrole nitrogens is 1. The van der Waals surface area contributed by atoms with Gasteiger partial charge in [0.25, 0.3) is 0 Å². The predicted octanol–water partition coefficient (Wildman–Crippen LogP) is 6.57. The molecule has 0 atom stereocenters. The molecule has 180 valence electrons. The summed E-state index contributed by atoms with van der Waals surface area (Å²) in [5, 5.41) is 35.2. The number of nitriles is 2. The van der Waals surface area contributed by atoms with E-state index in [9.17, 15) is 19.7 Å². The van der Waals surface area contributed by atoms with Crippen LogP contribution >= 0.6 is 11.6 Å². The Hall–Kier alpha value is -4.72. The van der Waals surface area contributed by atoms with Crippen LogP contribution in [0.1, 0.15) is 46.2 Å². The van der Waals surface area contributed by atoms with E-state index in [0.717, 1.165) is 41.2 Å². The highest BCUT2D eigenvalue weighted by atomic mass is 35.5. The van der Waals surface area contributed by atoms with E-state index in [1.54, 1.807) is 36.4 Å². The number of carboxylic acid groups (broad SMARTS) is 1. The van der Waals surface area contributed by atoms with Crippen molar-refractivity contribution in [1.82, 2.24) is 10.2 Å². The van der Waals surface area contributed by atoms with Crippen molar-refractivity contribution in [2.75, 3.05) is 0 Å². The van der Waals surface area contributed by atoms with Crippen LogP contribution in [0.5, 0.6) is 0 Å². The van der Waals surface area contributed by atoms with Crippen LogP contribution in [0.15, 0.2) is 60.7 Å². The number of aromatic amines is 1. The molecule has 0 radical (unpaired) electrons. The Labute approximate surface area is 216 Å². The molecule has 0 aliphatic heterocycles. The molecule has 1 fully saturated rings. The molecule has 0 spiro atoms. The third-order valence-electron chi connectivity index (χ3n) is 6.33. The molecular formula is C29H18ClFN4O2. The number of nitrogens with zero attached hydrogens (tertiary/aromatic N) is 3. The maximum Gasteiger partial charge on any atom is 0.328 e. The van der Waals surface area contributed by atoms with Gasteiger partial charge in [-0.05, 0) is 70.9 Å². The lowest BCUT2D eigenvalue weighted by Gasteiger charge is -2.19. The first-order chi connectivity index (χ1) is 17.9. The Bertz CT molecular complexity index is 1700. The van der Waals surface area contributed by atoms with Gasteiger partial charge in [0.2, 0.25) is 5.95 Å². The Morgan fingerprint density at radius 1 is 1.08 bits per heavy atom. The molecule has 1 aromatic heterocycles. The second-order valence-corrected chi connectivity index (χ2v) is 9.11. The van der Waals surface area contributed by atoms with Crippen LogP contribution < -0.4 is 0 Å². The summed E-state index contributed by atoms with van der Waals surface area (Å²) in [6.45, 7) is 0. The van der Waals surface area contributed by atoms with Crippen LogP contribution in [0.2, 0.25) is 5.02 Å². The first-order valence-corrected chi connectivity index (χ1v) is 11.8. The fourth-order valence-corrected chi connectivity index (χ4v) is 4.80. The normalized spacial score (nSPS) is 13.8. The number of hydrogen-bond donors (Lipinski definition) is 2. The fourth-order valence-electron chi connectivity index (χ4n) is 4.52. The second-order valence-electron chi connectivity index (χ2n) is 8.70. The van der Waals surface area contributed by atoms with Gasteiger partial charge in [0.05, 0.1) is 28.1 Å². The molecule has 5 rings (SSSR count). The number of aromatic nitrogens is 2. The average Bonchev–Trinajstić information content (AvgIpc) is 3.68. The maximum atomic E-state index is 14.7. The lowest BCUT2D eigenvalue weighted by molar-refractivity contribution is -0.131. The summed E-state index contributed by atoms with van der Waals surface area (Å²) < 4.78 is 14.7. The molecule has 37 heavy (non-hydrogen) atoms. The molecule has 0 saturated heterocycles. The van der Waals surface area contributed by atoms with Gasteiger partial charge in [0.15, 0.2) is 0 Å². The molecule has 2 N–H and O–H groups in total. The molecule has 1 heterocycles. The smallest absolute Gasteiger partial charge is 0.328 e. The van der Waals surface area contributed by atoms with Crippen LogP contribution in [-0.2, 0) is 4.79 Å². The summed E-state index contributed by atoms with van der Waals surface area (Å²) in [6.07, 6.45) is 4.38. The molecule has 1 saturated carbocycles. The van der Waals surface area contributed by atoms with Crippen molar-refractivity contribution < 1.29 is 14.3 Å². The van der Waals surface area contributed by atoms with Crippen LogP contribution in [0.3, 0.4) is 0 Å². The van der Waals surface area contributed by atoms with Crippen molar-refractivity contribution in [3.05, 3.63) is 105 Å². The number of halogens is 2. The van der Waals surface area contributed by atoms with Crippen LogP contribution in [0, 0.1) is 34.5 Å². The monoisotopic (exact) mass is 508 g/mol. The number of nitrogens with one attached hydrogen (secondary N) is 1. The highest BCUT2D eigenvalue weighted by Crippen LogP contribution is 2.50. The number of carbonyl (C=O) groups is 1. The van der Waals surface area contributed by atoms with E-state index < -0.39 is 11.9 Å². The summed E-state index contributed by atoms with van der Waals surface area (Å²) in [5.41, 5.74) is 5.34. The number of aliphatic carboxylic acids is 1. The first-order valence-electron chi connectivity index (χ1n) is 11.4. The molecule has 6 nitrogen and oxygen atoms in total. The van der Waals surface area contributed by atoms with Gasteiger partial charge in [-0.1, -0.05) is 48.0 Å². The zero-order valence-electron chi connectivity index (χ0n) is 19.3. The quantitative estimate of drug-likeness (QED) is 0.226. The Kier molecular flexibility index (Phi) is 6.31. The molecular weight excluding hydrogens is 491 g/mol. The van der Waals surface area contributed by atoms with E-state index in [1.165, 1.54) is 6.08 Å². The van der Waals surface area contributed by atoms with Gasteiger partial charge in [-0.25, -0.2) is 4.79 Å². The summed E-state index contributed by atoms with van der Waals surface area (Å²) in [5.74, 6) is -1.65. The number of fused-ring (bicyclic) bond motifs is 1. The van der Waals surface area contributed by atoms with Gasteiger partial charge in [-0.15, -0.1) is 5.10 Å². The van der Waals surface area contributed by atoms with Crippen molar-refractivity contribution in [3.63, 3.8) is 0 Å². The molecule has 1 aliphatic rings. The third-order valence-corrected chi connectivity index (χ3v) is 6.64. The third kappa shape index (κ3) is 4.61. The number of benzene rings is 3. The van der Waals surface area contributed by atoms with Gasteiger partial charge in [-0.2, -0.15) is 14.9 Å². The van der Waals surface area contributed by atoms with Crippen LogP contribution in [0.4, 0.5) is 4.39 Å². The SMILES string of the molecule is N#Cc1ccc(/C(=C(\c2ccc(/C=C/C(=O)O)cc2)c2ccc3[nH]nc(F)c3c2C#N)C2CC2)c(Cl)c1. The van der Waals surface area contributed by atoms with Crippen LogP contribution in [-0.4, -0.2) is 21.3 Å². The molecule has 0 amide bonds. The number of hydrogen-bond acceptors (Lipinski definition) is 4. The lowest BCUT2D eigenvalue weighted by Crippen LogP contribution is -2.01. The molecule has 4 aromatic rings. The largest absolute Gasteiger partial charge is 0.478 e. The summed E-state index contributed by atoms with van der Waals surface area (Å²) in [6, 6.07) is 20.1. The van der Waals surface area contributed by atoms with Crippen molar-refractivity contribution in [1.29, 1.82) is 10.5 Å². The minimum absolute atomic E-state index is 0.111. The van der Waals surface area contributed by atoms with Gasteiger partial charge in [-0.3, -0.25) is 5.10 Å². The lowest BCUT2D eigenvalue weighted by atomic mass is 9.84. The van der Waals surface area contributed by atoms with Crippen molar-refractivity contribution in [2.45, 2.75) is 12.8 Å². The predicted molar refractivity (Wildman–Crippen MR) is 139 cm³/mol. The molecule has 0 bridgehead atoms. The Morgan fingerprint density at radius 3 is 2.43 bits per heavy atom. The van der Waals surface area contributed by atoms with Gasteiger partial charge >= 0.3 is 5.97 Å². The van der Waals surface area contributed by atoms with Gasteiger partial charge < -0.3 is 5.11 Å². The van der Waals surface area contributed by atoms with E-state index >= 15 is 0 Å². The van der Waals surface area contributed by atoms with E-state index in [1.807, 2.05) is 18.2 Å². The number of rotatable bonds is 6. The molecule has 1 aliphatic carbocycles. The minimum atomic E-state index is -1.05. The van der Waals surface area contributed by atoms with E-state index in [4.69, 9.17) is 16.7 Å². The Balaban J connectivity index is 1.83. The number of allylic oxidation sites excluding steroid dienone is 1. The summed E-state index contributed by atoms with van der Waals surface area (Å²) in [4.78, 5) is 10.9. The maximum absolute atomic E-state index is 14.7. The molecule has 0 unspecified atom stereocenters. The fraction of sp³-hybridized carbons (Fsp3) is 0.103. The van der Waals surface area contributed by atoms with Crippen molar-refractivity contribution in [2.24, 2.45) is 5.92 Å². The molecule has 3 aromatic carbocycles. The number of carboxylic acids is 1. The zero-order valence-corrected chi connectivity index (χ0v) is 20.1. The average molecular weight is 509 g/mol. The summed E-state index contributed by atoms with van der Waals surface area (Å²) >= 11 is 6.68. The summed E-state index contributed by atoms with van der Waals surface area (Å²) in [7, 11) is 0. The van der Waals surface area contributed by atoms with E-state index in [0.29, 0.717) is 27.2 Å².